The molecular formula is C31H37NO6. The van der Waals surface area contributed by atoms with E-state index in [0.29, 0.717) is 77.9 Å². The third kappa shape index (κ3) is 7.77. The first-order valence-electron chi connectivity index (χ1n) is 13.6. The van der Waals surface area contributed by atoms with Crippen LogP contribution in [0.2, 0.25) is 0 Å². The van der Waals surface area contributed by atoms with Gasteiger partial charge < -0.3 is 28.4 Å². The van der Waals surface area contributed by atoms with Crippen molar-refractivity contribution in [3.8, 4) is 11.5 Å². The fraction of sp³-hybridized carbons (Fsp3) is 0.452. The fourth-order valence-electron chi connectivity index (χ4n) is 4.84. The zero-order valence-electron chi connectivity index (χ0n) is 21.9. The van der Waals surface area contributed by atoms with Crippen LogP contribution in [-0.2, 0) is 32.2 Å². The van der Waals surface area contributed by atoms with Gasteiger partial charge in [-0.3, -0.25) is 4.98 Å². The van der Waals surface area contributed by atoms with Crippen molar-refractivity contribution in [2.45, 2.75) is 37.9 Å². The largest absolute Gasteiger partial charge is 0.491 e. The van der Waals surface area contributed by atoms with E-state index in [-0.39, 0.29) is 0 Å². The molecule has 0 amide bonds. The van der Waals surface area contributed by atoms with Gasteiger partial charge in [-0.05, 0) is 72.2 Å². The summed E-state index contributed by atoms with van der Waals surface area (Å²) in [5, 5.41) is 0. The molecule has 6 bridgehead atoms. The van der Waals surface area contributed by atoms with Crippen LogP contribution in [0.4, 0.5) is 0 Å². The molecule has 0 saturated heterocycles. The van der Waals surface area contributed by atoms with Gasteiger partial charge in [0.2, 0.25) is 0 Å². The monoisotopic (exact) mass is 519 g/mol. The lowest BCUT2D eigenvalue weighted by Crippen LogP contribution is -2.21. The van der Waals surface area contributed by atoms with Crippen molar-refractivity contribution >= 4 is 0 Å². The second kappa shape index (κ2) is 14.3. The fourth-order valence-corrected chi connectivity index (χ4v) is 4.84. The van der Waals surface area contributed by atoms with Crippen molar-refractivity contribution in [2.75, 3.05) is 52.9 Å². The molecule has 2 unspecified atom stereocenters. The van der Waals surface area contributed by atoms with Crippen molar-refractivity contribution in [1.29, 1.82) is 0 Å². The molecule has 2 aromatic carbocycles. The van der Waals surface area contributed by atoms with Gasteiger partial charge in [-0.1, -0.05) is 30.3 Å². The maximum atomic E-state index is 5.86. The van der Waals surface area contributed by atoms with E-state index in [4.69, 9.17) is 28.4 Å². The molecule has 1 saturated carbocycles. The topological polar surface area (TPSA) is 68.3 Å². The van der Waals surface area contributed by atoms with E-state index in [1.54, 1.807) is 0 Å². The van der Waals surface area contributed by atoms with Crippen LogP contribution < -0.4 is 9.47 Å². The Kier molecular flexibility index (Phi) is 9.99. The molecule has 4 heterocycles. The van der Waals surface area contributed by atoms with Crippen molar-refractivity contribution in [3.05, 3.63) is 89.2 Å². The van der Waals surface area contributed by atoms with Gasteiger partial charge in [0, 0.05) is 0 Å². The summed E-state index contributed by atoms with van der Waals surface area (Å²) >= 11 is 0. The van der Waals surface area contributed by atoms with Gasteiger partial charge in [0.05, 0.1) is 64.2 Å². The number of aromatic nitrogens is 1. The van der Waals surface area contributed by atoms with Gasteiger partial charge in [-0.2, -0.15) is 0 Å². The molecule has 1 aromatic heterocycles. The summed E-state index contributed by atoms with van der Waals surface area (Å²) in [4.78, 5) is 4.59. The van der Waals surface area contributed by atoms with E-state index in [9.17, 15) is 0 Å². The van der Waals surface area contributed by atoms with Gasteiger partial charge >= 0.3 is 0 Å². The molecule has 4 aliphatic rings. The highest BCUT2D eigenvalue weighted by molar-refractivity contribution is 5.37. The molecule has 7 nitrogen and oxygen atoms in total. The van der Waals surface area contributed by atoms with Gasteiger partial charge in [0.1, 0.15) is 24.7 Å². The molecule has 7 rings (SSSR count). The molecule has 3 aromatic rings. The van der Waals surface area contributed by atoms with Crippen LogP contribution in [0, 0.1) is 0 Å². The molecular weight excluding hydrogens is 482 g/mol. The number of nitrogens with zero attached hydrogens (tertiary/aromatic N) is 1. The molecule has 202 valence electrons. The van der Waals surface area contributed by atoms with Gasteiger partial charge in [-0.25, -0.2) is 0 Å². The quantitative estimate of drug-likeness (QED) is 0.400. The number of hydrogen-bond donors (Lipinski definition) is 0. The maximum Gasteiger partial charge on any atom is 0.119 e. The predicted octanol–water partition coefficient (Wildman–Crippen LogP) is 5.28. The zero-order chi connectivity index (χ0) is 25.8. The van der Waals surface area contributed by atoms with Crippen LogP contribution in [0.5, 0.6) is 11.5 Å². The van der Waals surface area contributed by atoms with Crippen LogP contribution >= 0.6 is 0 Å². The van der Waals surface area contributed by atoms with Crippen LogP contribution in [0.25, 0.3) is 0 Å². The van der Waals surface area contributed by atoms with E-state index in [0.717, 1.165) is 22.9 Å². The maximum absolute atomic E-state index is 5.86. The summed E-state index contributed by atoms with van der Waals surface area (Å²) in [5.74, 6) is 2.83. The number of benzene rings is 2. The minimum Gasteiger partial charge on any atom is -0.491 e. The number of fused-ring (bicyclic) bond motifs is 2. The smallest absolute Gasteiger partial charge is 0.119 e. The highest BCUT2D eigenvalue weighted by atomic mass is 16.5. The SMILES string of the molecule is c1cc2nc(c1)COCCOCCOc1ccc(cc1)C1CCC1c1ccc(cc1)OCCOCCOC2. The first-order chi connectivity index (χ1) is 18.8. The highest BCUT2D eigenvalue weighted by Gasteiger charge is 2.33. The molecule has 0 spiro atoms. The average molecular weight is 520 g/mol. The Morgan fingerprint density at radius 3 is 1.34 bits per heavy atom. The Morgan fingerprint density at radius 2 is 0.895 bits per heavy atom. The summed E-state index contributed by atoms with van der Waals surface area (Å²) in [5.41, 5.74) is 4.48. The van der Waals surface area contributed by atoms with Gasteiger partial charge in [-0.15, -0.1) is 0 Å². The predicted molar refractivity (Wildman–Crippen MR) is 144 cm³/mol. The van der Waals surface area contributed by atoms with E-state index in [1.165, 1.54) is 24.0 Å². The lowest BCUT2D eigenvalue weighted by Gasteiger charge is -2.37. The van der Waals surface area contributed by atoms with Crippen LogP contribution in [-0.4, -0.2) is 57.8 Å². The van der Waals surface area contributed by atoms with Crippen LogP contribution in [0.1, 0.15) is 47.2 Å². The summed E-state index contributed by atoms with van der Waals surface area (Å²) < 4.78 is 34.5. The highest BCUT2D eigenvalue weighted by Crippen LogP contribution is 2.49. The molecule has 1 aliphatic carbocycles. The van der Waals surface area contributed by atoms with Crippen molar-refractivity contribution < 1.29 is 28.4 Å². The van der Waals surface area contributed by atoms with E-state index < -0.39 is 0 Å². The second-order valence-corrected chi connectivity index (χ2v) is 9.58. The zero-order valence-corrected chi connectivity index (χ0v) is 21.9. The molecule has 2 atom stereocenters. The third-order valence-electron chi connectivity index (χ3n) is 6.99. The molecule has 0 N–H and O–H groups in total. The number of hydrogen-bond acceptors (Lipinski definition) is 7. The number of ether oxygens (including phenoxy) is 6. The Hall–Kier alpha value is -2.97. The molecule has 38 heavy (non-hydrogen) atoms. The minimum absolute atomic E-state index is 0.438. The van der Waals surface area contributed by atoms with Crippen molar-refractivity contribution in [1.82, 2.24) is 4.98 Å². The standard InChI is InChI=1S/C31H37NO6/c1-2-26-22-35-16-14-33-18-20-37-28-8-4-24(5-9-28)30-12-13-31(30)25-6-10-29(11-7-25)38-21-19-34-15-17-36-23-27(3-1)32-26/h1-11,30-31H,12-23H2. The van der Waals surface area contributed by atoms with Crippen molar-refractivity contribution in [2.24, 2.45) is 0 Å². The first-order valence-corrected chi connectivity index (χ1v) is 13.6. The first kappa shape index (κ1) is 26.6. The molecule has 0 radical (unpaired) electrons. The molecule has 1 fully saturated rings. The van der Waals surface area contributed by atoms with E-state index in [1.807, 2.05) is 18.2 Å². The average Bonchev–Trinajstić information content (AvgIpc) is 2.92. The minimum atomic E-state index is 0.438. The Morgan fingerprint density at radius 1 is 0.474 bits per heavy atom. The van der Waals surface area contributed by atoms with E-state index in [2.05, 4.69) is 53.5 Å². The normalized spacial score (nSPS) is 22.0. The van der Waals surface area contributed by atoms with Crippen molar-refractivity contribution in [3.63, 3.8) is 0 Å². The second-order valence-electron chi connectivity index (χ2n) is 9.58. The summed E-state index contributed by atoms with van der Waals surface area (Å²) in [6.45, 7) is 4.96. The Labute approximate surface area is 225 Å². The third-order valence-corrected chi connectivity index (χ3v) is 6.99. The van der Waals surface area contributed by atoms with E-state index >= 15 is 0 Å². The molecule has 3 aliphatic heterocycles. The van der Waals surface area contributed by atoms with Gasteiger partial charge in [0.25, 0.3) is 0 Å². The number of pyridine rings is 1. The Balaban J connectivity index is 1.16. The summed E-state index contributed by atoms with van der Waals surface area (Å²) in [6.07, 6.45) is 2.42. The lowest BCUT2D eigenvalue weighted by atomic mass is 9.67. The van der Waals surface area contributed by atoms with Crippen LogP contribution in [0.15, 0.2) is 66.7 Å². The summed E-state index contributed by atoms with van der Waals surface area (Å²) in [6, 6.07) is 22.9. The van der Waals surface area contributed by atoms with Crippen LogP contribution in [0.3, 0.4) is 0 Å². The number of rotatable bonds is 0. The molecule has 7 heteroatoms. The lowest BCUT2D eigenvalue weighted by molar-refractivity contribution is 0.0270. The Bertz CT molecular complexity index is 1020. The van der Waals surface area contributed by atoms with Gasteiger partial charge in [0.15, 0.2) is 0 Å². The summed E-state index contributed by atoms with van der Waals surface area (Å²) in [7, 11) is 0.